The van der Waals surface area contributed by atoms with Crippen LogP contribution in [0, 0.1) is 5.82 Å². The SMILES string of the molecule is CCC(NC(C)c1ccc(Cl)cc1)c1ccc(F)cn1. The van der Waals surface area contributed by atoms with Crippen LogP contribution in [0.15, 0.2) is 42.6 Å². The van der Waals surface area contributed by atoms with E-state index in [1.807, 2.05) is 24.3 Å². The van der Waals surface area contributed by atoms with Crippen LogP contribution in [0.1, 0.15) is 43.6 Å². The minimum Gasteiger partial charge on any atom is -0.302 e. The second kappa shape index (κ2) is 6.82. The highest BCUT2D eigenvalue weighted by Gasteiger charge is 2.14. The summed E-state index contributed by atoms with van der Waals surface area (Å²) in [6.07, 6.45) is 2.14. The predicted molar refractivity (Wildman–Crippen MR) is 80.2 cm³/mol. The van der Waals surface area contributed by atoms with Crippen LogP contribution in [-0.2, 0) is 0 Å². The second-order valence-electron chi connectivity index (χ2n) is 4.80. The van der Waals surface area contributed by atoms with Crippen LogP contribution in [0.25, 0.3) is 0 Å². The van der Waals surface area contributed by atoms with E-state index in [4.69, 9.17) is 11.6 Å². The van der Waals surface area contributed by atoms with Crippen molar-refractivity contribution in [2.24, 2.45) is 0 Å². The molecule has 0 saturated carbocycles. The average molecular weight is 293 g/mol. The fraction of sp³-hybridized carbons (Fsp3) is 0.312. The molecule has 20 heavy (non-hydrogen) atoms. The molecule has 2 unspecified atom stereocenters. The number of rotatable bonds is 5. The molecule has 0 radical (unpaired) electrons. The van der Waals surface area contributed by atoms with E-state index in [2.05, 4.69) is 24.1 Å². The van der Waals surface area contributed by atoms with Gasteiger partial charge in [0.05, 0.1) is 11.9 Å². The van der Waals surface area contributed by atoms with Crippen LogP contribution in [0.4, 0.5) is 4.39 Å². The molecule has 0 aliphatic rings. The second-order valence-corrected chi connectivity index (χ2v) is 5.24. The molecule has 4 heteroatoms. The van der Waals surface area contributed by atoms with E-state index >= 15 is 0 Å². The summed E-state index contributed by atoms with van der Waals surface area (Å²) in [4.78, 5) is 4.15. The van der Waals surface area contributed by atoms with Gasteiger partial charge < -0.3 is 5.32 Å². The van der Waals surface area contributed by atoms with E-state index in [0.717, 1.165) is 22.7 Å². The Labute approximate surface area is 124 Å². The third kappa shape index (κ3) is 3.78. The normalized spacial score (nSPS) is 14.0. The summed E-state index contributed by atoms with van der Waals surface area (Å²) < 4.78 is 12.9. The lowest BCUT2D eigenvalue weighted by Gasteiger charge is -2.22. The molecule has 0 aliphatic heterocycles. The van der Waals surface area contributed by atoms with E-state index < -0.39 is 0 Å². The fourth-order valence-corrected chi connectivity index (χ4v) is 2.28. The summed E-state index contributed by atoms with van der Waals surface area (Å²) in [6, 6.07) is 11.2. The highest BCUT2D eigenvalue weighted by Crippen LogP contribution is 2.22. The number of hydrogen-bond acceptors (Lipinski definition) is 2. The Kier molecular flexibility index (Phi) is 5.10. The maximum atomic E-state index is 12.9. The summed E-state index contributed by atoms with van der Waals surface area (Å²) >= 11 is 5.89. The van der Waals surface area contributed by atoms with Crippen molar-refractivity contribution in [1.82, 2.24) is 10.3 Å². The van der Waals surface area contributed by atoms with Crippen molar-refractivity contribution in [3.05, 3.63) is 64.7 Å². The minimum absolute atomic E-state index is 0.0984. The topological polar surface area (TPSA) is 24.9 Å². The largest absolute Gasteiger partial charge is 0.302 e. The third-order valence-electron chi connectivity index (χ3n) is 3.34. The zero-order valence-corrected chi connectivity index (χ0v) is 12.4. The number of aromatic nitrogens is 1. The van der Waals surface area contributed by atoms with Gasteiger partial charge in [0, 0.05) is 17.1 Å². The van der Waals surface area contributed by atoms with Gasteiger partial charge in [-0.05, 0) is 43.2 Å². The van der Waals surface area contributed by atoms with Gasteiger partial charge in [0.2, 0.25) is 0 Å². The summed E-state index contributed by atoms with van der Waals surface area (Å²) in [6.45, 7) is 4.17. The highest BCUT2D eigenvalue weighted by atomic mass is 35.5. The molecule has 2 atom stereocenters. The Morgan fingerprint density at radius 3 is 2.45 bits per heavy atom. The van der Waals surface area contributed by atoms with Crippen molar-refractivity contribution < 1.29 is 4.39 Å². The molecule has 1 aromatic carbocycles. The van der Waals surface area contributed by atoms with Crippen molar-refractivity contribution in [2.75, 3.05) is 0 Å². The summed E-state index contributed by atoms with van der Waals surface area (Å²) in [7, 11) is 0. The first-order valence-electron chi connectivity index (χ1n) is 6.73. The van der Waals surface area contributed by atoms with E-state index in [1.165, 1.54) is 12.3 Å². The summed E-state index contributed by atoms with van der Waals surface area (Å²) in [5.41, 5.74) is 2.02. The molecule has 0 bridgehead atoms. The number of benzene rings is 1. The van der Waals surface area contributed by atoms with Gasteiger partial charge in [-0.2, -0.15) is 0 Å². The van der Waals surface area contributed by atoms with Crippen LogP contribution >= 0.6 is 11.6 Å². The van der Waals surface area contributed by atoms with Crippen molar-refractivity contribution >= 4 is 11.6 Å². The van der Waals surface area contributed by atoms with Gasteiger partial charge in [0.1, 0.15) is 5.82 Å². The molecule has 0 spiro atoms. The smallest absolute Gasteiger partial charge is 0.141 e. The van der Waals surface area contributed by atoms with E-state index in [9.17, 15) is 4.39 Å². The maximum absolute atomic E-state index is 12.9. The molecule has 2 rings (SSSR count). The van der Waals surface area contributed by atoms with Crippen LogP contribution < -0.4 is 5.32 Å². The van der Waals surface area contributed by atoms with Gasteiger partial charge in [-0.3, -0.25) is 4.98 Å². The quantitative estimate of drug-likeness (QED) is 0.866. The van der Waals surface area contributed by atoms with Crippen LogP contribution in [0.3, 0.4) is 0 Å². The van der Waals surface area contributed by atoms with Crippen LogP contribution in [0.2, 0.25) is 5.02 Å². The molecule has 1 N–H and O–H groups in total. The Morgan fingerprint density at radius 2 is 1.90 bits per heavy atom. The maximum Gasteiger partial charge on any atom is 0.141 e. The lowest BCUT2D eigenvalue weighted by Crippen LogP contribution is -2.25. The molecule has 1 aromatic heterocycles. The number of pyridine rings is 1. The molecule has 2 aromatic rings. The van der Waals surface area contributed by atoms with Gasteiger partial charge in [-0.15, -0.1) is 0 Å². The first-order chi connectivity index (χ1) is 9.60. The molecular formula is C16H18ClFN2. The van der Waals surface area contributed by atoms with Gasteiger partial charge in [0.15, 0.2) is 0 Å². The average Bonchev–Trinajstić information content (AvgIpc) is 2.46. The van der Waals surface area contributed by atoms with E-state index in [0.29, 0.717) is 0 Å². The summed E-state index contributed by atoms with van der Waals surface area (Å²) in [5.74, 6) is -0.311. The lowest BCUT2D eigenvalue weighted by molar-refractivity contribution is 0.447. The van der Waals surface area contributed by atoms with Gasteiger partial charge in [-0.25, -0.2) is 4.39 Å². The minimum atomic E-state index is -0.311. The van der Waals surface area contributed by atoms with Crippen molar-refractivity contribution in [2.45, 2.75) is 32.4 Å². The summed E-state index contributed by atoms with van der Waals surface area (Å²) in [5, 5.41) is 4.24. The molecule has 2 nitrogen and oxygen atoms in total. The standard InChI is InChI=1S/C16H18ClFN2/c1-3-15(16-9-8-14(18)10-19-16)20-11(2)12-4-6-13(17)7-5-12/h4-11,15,20H,3H2,1-2H3. The zero-order valence-electron chi connectivity index (χ0n) is 11.6. The van der Waals surface area contributed by atoms with Crippen LogP contribution in [-0.4, -0.2) is 4.98 Å². The molecule has 0 aliphatic carbocycles. The van der Waals surface area contributed by atoms with E-state index in [1.54, 1.807) is 6.07 Å². The molecule has 0 amide bonds. The fourth-order valence-electron chi connectivity index (χ4n) is 2.16. The van der Waals surface area contributed by atoms with Gasteiger partial charge in [0.25, 0.3) is 0 Å². The van der Waals surface area contributed by atoms with Gasteiger partial charge >= 0.3 is 0 Å². The van der Waals surface area contributed by atoms with Gasteiger partial charge in [-0.1, -0.05) is 30.7 Å². The van der Waals surface area contributed by atoms with Crippen molar-refractivity contribution in [3.63, 3.8) is 0 Å². The monoisotopic (exact) mass is 292 g/mol. The Morgan fingerprint density at radius 1 is 1.20 bits per heavy atom. The van der Waals surface area contributed by atoms with Crippen LogP contribution in [0.5, 0.6) is 0 Å². The lowest BCUT2D eigenvalue weighted by atomic mass is 10.0. The highest BCUT2D eigenvalue weighted by molar-refractivity contribution is 6.30. The number of nitrogens with one attached hydrogen (secondary N) is 1. The predicted octanol–water partition coefficient (Wildman–Crippen LogP) is 4.68. The molecule has 0 fully saturated rings. The van der Waals surface area contributed by atoms with Crippen molar-refractivity contribution in [1.29, 1.82) is 0 Å². The zero-order chi connectivity index (χ0) is 14.5. The molecule has 106 valence electrons. The Bertz CT molecular complexity index is 539. The number of halogens is 2. The number of hydrogen-bond donors (Lipinski definition) is 1. The van der Waals surface area contributed by atoms with Crippen molar-refractivity contribution in [3.8, 4) is 0 Å². The third-order valence-corrected chi connectivity index (χ3v) is 3.59. The Hall–Kier alpha value is -1.45. The first-order valence-corrected chi connectivity index (χ1v) is 7.11. The van der Waals surface area contributed by atoms with E-state index in [-0.39, 0.29) is 17.9 Å². The molecular weight excluding hydrogens is 275 g/mol. The Balaban J connectivity index is 2.09. The molecule has 1 heterocycles. The first kappa shape index (κ1) is 14.9. The number of nitrogens with zero attached hydrogens (tertiary/aromatic N) is 1. The molecule has 0 saturated heterocycles.